The fraction of sp³-hybridized carbons (Fsp3) is 0.211. The quantitative estimate of drug-likeness (QED) is 0.697. The molecule has 0 saturated carbocycles. The highest BCUT2D eigenvalue weighted by Gasteiger charge is 2.12. The molecule has 0 aliphatic heterocycles. The number of amides is 1. The smallest absolute Gasteiger partial charge is 0.412 e. The summed E-state index contributed by atoms with van der Waals surface area (Å²) in [6, 6.07) is 7.29. The van der Waals surface area contributed by atoms with E-state index in [2.05, 4.69) is 20.1 Å². The van der Waals surface area contributed by atoms with Crippen LogP contribution in [0.1, 0.15) is 11.3 Å². The molecular weight excluding hydrogens is 364 g/mol. The van der Waals surface area contributed by atoms with Crippen LogP contribution in [0.15, 0.2) is 30.5 Å². The predicted octanol–water partition coefficient (Wildman–Crippen LogP) is 3.10. The molecule has 0 radical (unpaired) electrons. The highest BCUT2D eigenvalue weighted by atomic mass is 16.5. The van der Waals surface area contributed by atoms with Gasteiger partial charge in [0.25, 0.3) is 0 Å². The third-order valence-corrected chi connectivity index (χ3v) is 3.89. The SMILES string of the molecule is COC(=O)Nc1cn2nc(/C=C/c3cc(OC)c(OC)c(OC)c3)ccc2n1. The summed E-state index contributed by atoms with van der Waals surface area (Å²) in [6.45, 7) is 0. The summed E-state index contributed by atoms with van der Waals surface area (Å²) in [6.07, 6.45) is 4.73. The van der Waals surface area contributed by atoms with Crippen molar-refractivity contribution in [2.24, 2.45) is 0 Å². The summed E-state index contributed by atoms with van der Waals surface area (Å²) < 4.78 is 22.2. The summed E-state index contributed by atoms with van der Waals surface area (Å²) >= 11 is 0. The van der Waals surface area contributed by atoms with Crippen LogP contribution in [0.4, 0.5) is 10.6 Å². The van der Waals surface area contributed by atoms with Crippen LogP contribution in [0.2, 0.25) is 0 Å². The number of benzene rings is 1. The Hall–Kier alpha value is -3.75. The topological polar surface area (TPSA) is 96.2 Å². The molecule has 1 amide bonds. The maximum Gasteiger partial charge on any atom is 0.412 e. The second kappa shape index (κ2) is 8.30. The van der Waals surface area contributed by atoms with Gasteiger partial charge in [0.2, 0.25) is 5.75 Å². The minimum absolute atomic E-state index is 0.352. The Morgan fingerprint density at radius 2 is 1.75 bits per heavy atom. The number of anilines is 1. The second-order valence-electron chi connectivity index (χ2n) is 5.60. The van der Waals surface area contributed by atoms with E-state index in [1.165, 1.54) is 7.11 Å². The highest BCUT2D eigenvalue weighted by molar-refractivity contribution is 5.83. The van der Waals surface area contributed by atoms with E-state index in [4.69, 9.17) is 14.2 Å². The molecular formula is C19H20N4O5. The normalized spacial score (nSPS) is 10.9. The van der Waals surface area contributed by atoms with Gasteiger partial charge >= 0.3 is 6.09 Å². The maximum atomic E-state index is 11.3. The van der Waals surface area contributed by atoms with Gasteiger partial charge in [0.15, 0.2) is 23.0 Å². The standard InChI is InChI=1S/C19H20N4O5/c1-25-14-9-12(10-15(26-2)18(14)27-3)5-6-13-7-8-17-20-16(11-23(17)22-13)21-19(24)28-4/h5-11H,1-4H3,(H,21,24)/b6-5+. The van der Waals surface area contributed by atoms with Crippen molar-refractivity contribution < 1.29 is 23.7 Å². The summed E-state index contributed by atoms with van der Waals surface area (Å²) in [5.74, 6) is 2.02. The van der Waals surface area contributed by atoms with Crippen molar-refractivity contribution in [3.8, 4) is 17.2 Å². The molecule has 0 atom stereocenters. The molecule has 28 heavy (non-hydrogen) atoms. The molecule has 0 unspecified atom stereocenters. The minimum atomic E-state index is -0.592. The van der Waals surface area contributed by atoms with Crippen molar-refractivity contribution in [3.63, 3.8) is 0 Å². The average molecular weight is 384 g/mol. The molecule has 0 spiro atoms. The average Bonchev–Trinajstić information content (AvgIpc) is 3.12. The lowest BCUT2D eigenvalue weighted by atomic mass is 10.1. The molecule has 3 rings (SSSR count). The molecule has 2 heterocycles. The number of carbonyl (C=O) groups excluding carboxylic acids is 1. The van der Waals surface area contributed by atoms with Crippen LogP contribution in [0, 0.1) is 0 Å². The number of carbonyl (C=O) groups is 1. The second-order valence-corrected chi connectivity index (χ2v) is 5.60. The summed E-state index contributed by atoms with van der Waals surface area (Å²) in [5.41, 5.74) is 2.15. The first kappa shape index (κ1) is 19.0. The number of nitrogens with zero attached hydrogens (tertiary/aromatic N) is 3. The monoisotopic (exact) mass is 384 g/mol. The van der Waals surface area contributed by atoms with Gasteiger partial charge in [0.1, 0.15) is 0 Å². The Morgan fingerprint density at radius 3 is 2.36 bits per heavy atom. The Bertz CT molecular complexity index is 1000. The van der Waals surface area contributed by atoms with Crippen LogP contribution in [0.25, 0.3) is 17.8 Å². The third-order valence-electron chi connectivity index (χ3n) is 3.89. The van der Waals surface area contributed by atoms with Gasteiger partial charge < -0.3 is 18.9 Å². The summed E-state index contributed by atoms with van der Waals surface area (Å²) in [5, 5.41) is 6.95. The van der Waals surface area contributed by atoms with E-state index in [-0.39, 0.29) is 0 Å². The zero-order valence-electron chi connectivity index (χ0n) is 15.9. The van der Waals surface area contributed by atoms with Crippen molar-refractivity contribution in [3.05, 3.63) is 41.7 Å². The van der Waals surface area contributed by atoms with Gasteiger partial charge in [-0.05, 0) is 35.9 Å². The highest BCUT2D eigenvalue weighted by Crippen LogP contribution is 2.38. The molecule has 146 valence electrons. The van der Waals surface area contributed by atoms with Gasteiger partial charge in [-0.25, -0.2) is 14.3 Å². The summed E-state index contributed by atoms with van der Waals surface area (Å²) in [7, 11) is 5.98. The van der Waals surface area contributed by atoms with Crippen LogP contribution in [0.5, 0.6) is 17.2 Å². The van der Waals surface area contributed by atoms with Crippen molar-refractivity contribution in [2.45, 2.75) is 0 Å². The number of nitrogens with one attached hydrogen (secondary N) is 1. The van der Waals surface area contributed by atoms with E-state index in [9.17, 15) is 4.79 Å². The van der Waals surface area contributed by atoms with E-state index in [1.54, 1.807) is 38.1 Å². The molecule has 9 nitrogen and oxygen atoms in total. The lowest BCUT2D eigenvalue weighted by Gasteiger charge is -2.12. The molecule has 0 bridgehead atoms. The largest absolute Gasteiger partial charge is 0.493 e. The zero-order chi connectivity index (χ0) is 20.1. The molecule has 9 heteroatoms. The van der Waals surface area contributed by atoms with E-state index >= 15 is 0 Å². The molecule has 3 aromatic rings. The Kier molecular flexibility index (Phi) is 5.64. The predicted molar refractivity (Wildman–Crippen MR) is 104 cm³/mol. The number of fused-ring (bicyclic) bond motifs is 1. The molecule has 0 fully saturated rings. The van der Waals surface area contributed by atoms with Crippen molar-refractivity contribution >= 4 is 29.7 Å². The van der Waals surface area contributed by atoms with Crippen molar-refractivity contribution in [1.29, 1.82) is 0 Å². The zero-order valence-corrected chi connectivity index (χ0v) is 15.9. The van der Waals surface area contributed by atoms with Crippen molar-refractivity contribution in [2.75, 3.05) is 33.8 Å². The summed E-state index contributed by atoms with van der Waals surface area (Å²) in [4.78, 5) is 15.5. The van der Waals surface area contributed by atoms with Gasteiger partial charge in [-0.1, -0.05) is 6.08 Å². The molecule has 1 aromatic carbocycles. The number of aromatic nitrogens is 3. The first-order chi connectivity index (χ1) is 13.6. The Balaban J connectivity index is 1.87. The van der Waals surface area contributed by atoms with Gasteiger partial charge in [-0.15, -0.1) is 0 Å². The molecule has 0 aliphatic carbocycles. The van der Waals surface area contributed by atoms with E-state index in [0.29, 0.717) is 34.4 Å². The molecule has 1 N–H and O–H groups in total. The number of rotatable bonds is 6. The number of ether oxygens (including phenoxy) is 4. The number of imidazole rings is 1. The van der Waals surface area contributed by atoms with Crippen LogP contribution in [0.3, 0.4) is 0 Å². The Labute approximate surface area is 161 Å². The van der Waals surface area contributed by atoms with E-state index in [1.807, 2.05) is 30.4 Å². The first-order valence-electron chi connectivity index (χ1n) is 8.27. The van der Waals surface area contributed by atoms with Gasteiger partial charge in [-0.3, -0.25) is 5.32 Å². The number of hydrogen-bond donors (Lipinski definition) is 1. The lowest BCUT2D eigenvalue weighted by Crippen LogP contribution is -2.10. The third kappa shape index (κ3) is 3.98. The van der Waals surface area contributed by atoms with E-state index in [0.717, 1.165) is 5.56 Å². The van der Waals surface area contributed by atoms with Crippen LogP contribution in [-0.4, -0.2) is 49.1 Å². The van der Waals surface area contributed by atoms with Gasteiger partial charge in [-0.2, -0.15) is 5.10 Å². The van der Waals surface area contributed by atoms with Crippen molar-refractivity contribution in [1.82, 2.24) is 14.6 Å². The van der Waals surface area contributed by atoms with Gasteiger partial charge in [0, 0.05) is 0 Å². The van der Waals surface area contributed by atoms with Crippen LogP contribution >= 0.6 is 0 Å². The first-order valence-corrected chi connectivity index (χ1v) is 8.27. The lowest BCUT2D eigenvalue weighted by molar-refractivity contribution is 0.187. The fourth-order valence-corrected chi connectivity index (χ4v) is 2.58. The maximum absolute atomic E-state index is 11.3. The molecule has 0 saturated heterocycles. The van der Waals surface area contributed by atoms with Crippen LogP contribution in [-0.2, 0) is 4.74 Å². The van der Waals surface area contributed by atoms with Crippen LogP contribution < -0.4 is 19.5 Å². The minimum Gasteiger partial charge on any atom is -0.493 e. The Morgan fingerprint density at radius 1 is 1.04 bits per heavy atom. The van der Waals surface area contributed by atoms with E-state index < -0.39 is 6.09 Å². The molecule has 0 aliphatic rings. The molecule has 2 aromatic heterocycles. The van der Waals surface area contributed by atoms with Gasteiger partial charge in [0.05, 0.1) is 40.3 Å². The fourth-order valence-electron chi connectivity index (χ4n) is 2.58. The number of methoxy groups -OCH3 is 4. The number of hydrogen-bond acceptors (Lipinski definition) is 7.